The van der Waals surface area contributed by atoms with Crippen LogP contribution in [-0.4, -0.2) is 50.1 Å². The molecule has 0 aromatic carbocycles. The maximum atomic E-state index is 9.64. The van der Waals surface area contributed by atoms with E-state index in [9.17, 15) is 5.11 Å². The molecule has 1 aliphatic rings. The molecule has 0 aliphatic carbocycles. The molecule has 118 valence electrons. The van der Waals surface area contributed by atoms with E-state index >= 15 is 0 Å². The molecule has 0 bridgehead atoms. The van der Waals surface area contributed by atoms with Gasteiger partial charge in [-0.2, -0.15) is 0 Å². The van der Waals surface area contributed by atoms with Crippen molar-refractivity contribution in [2.45, 2.75) is 12.5 Å². The predicted octanol–water partition coefficient (Wildman–Crippen LogP) is 0.626. The Bertz CT molecular complexity index is 885. The number of anilines is 1. The number of aromatic nitrogens is 3. The van der Waals surface area contributed by atoms with E-state index in [0.717, 1.165) is 28.0 Å². The maximum absolute atomic E-state index is 9.64. The Kier molecular flexibility index (Phi) is 3.76. The van der Waals surface area contributed by atoms with Gasteiger partial charge in [0.25, 0.3) is 0 Å². The van der Waals surface area contributed by atoms with Crippen molar-refractivity contribution in [2.75, 3.05) is 18.1 Å². The number of hydrogen-bond acceptors (Lipinski definition) is 6. The summed E-state index contributed by atoms with van der Waals surface area (Å²) in [5.41, 5.74) is 3.46. The van der Waals surface area contributed by atoms with E-state index < -0.39 is 0 Å². The monoisotopic (exact) mass is 392 g/mol. The summed E-state index contributed by atoms with van der Waals surface area (Å²) in [5.74, 6) is 0.744. The molecule has 0 radical (unpaired) electrons. The van der Waals surface area contributed by atoms with E-state index in [1.54, 1.807) is 6.26 Å². The first-order valence-electron chi connectivity index (χ1n) is 7.16. The minimum atomic E-state index is -0.0640. The van der Waals surface area contributed by atoms with Crippen LogP contribution in [0.3, 0.4) is 0 Å². The van der Waals surface area contributed by atoms with Crippen molar-refractivity contribution in [1.82, 2.24) is 15.0 Å². The van der Waals surface area contributed by atoms with Crippen molar-refractivity contribution in [1.29, 1.82) is 0 Å². The first-order valence-corrected chi connectivity index (χ1v) is 8.75. The SMILES string of the molecule is OCC1CN(Cc2cnc3ccoc3c2)c2nc([AsH2])nc(Cl)c21. The fourth-order valence-electron chi connectivity index (χ4n) is 2.96. The van der Waals surface area contributed by atoms with Crippen LogP contribution in [0.4, 0.5) is 5.82 Å². The topological polar surface area (TPSA) is 75.3 Å². The second-order valence-electron chi connectivity index (χ2n) is 5.52. The van der Waals surface area contributed by atoms with E-state index in [0.29, 0.717) is 22.9 Å². The Morgan fingerprint density at radius 3 is 3.13 bits per heavy atom. The Hall–Kier alpha value is -1.62. The first-order chi connectivity index (χ1) is 11.2. The molecular formula is C15H14AsClN4O2. The van der Waals surface area contributed by atoms with Crippen molar-refractivity contribution < 1.29 is 9.52 Å². The van der Waals surface area contributed by atoms with Gasteiger partial charge in [0.15, 0.2) is 0 Å². The Balaban J connectivity index is 1.70. The Morgan fingerprint density at radius 1 is 1.43 bits per heavy atom. The number of hydrogen-bond donors (Lipinski definition) is 1. The van der Waals surface area contributed by atoms with Crippen LogP contribution in [0.15, 0.2) is 29.0 Å². The fourth-order valence-corrected chi connectivity index (χ4v) is 3.99. The molecule has 0 fully saturated rings. The summed E-state index contributed by atoms with van der Waals surface area (Å²) in [5, 5.41) is 10.1. The normalized spacial score (nSPS) is 17.0. The molecular weight excluding hydrogens is 379 g/mol. The molecule has 2 unspecified atom stereocenters. The van der Waals surface area contributed by atoms with E-state index in [1.807, 2.05) is 18.3 Å². The fraction of sp³-hybridized carbons (Fsp3) is 0.267. The van der Waals surface area contributed by atoms with E-state index in [1.165, 1.54) is 16.9 Å². The number of fused-ring (bicyclic) bond motifs is 2. The molecule has 3 aromatic heterocycles. The van der Waals surface area contributed by atoms with Gasteiger partial charge < -0.3 is 0 Å². The summed E-state index contributed by atoms with van der Waals surface area (Å²) in [6.07, 6.45) is 3.47. The van der Waals surface area contributed by atoms with Gasteiger partial charge in [-0.3, -0.25) is 0 Å². The third-order valence-electron chi connectivity index (χ3n) is 4.00. The van der Waals surface area contributed by atoms with Crippen LogP contribution >= 0.6 is 11.6 Å². The summed E-state index contributed by atoms with van der Waals surface area (Å²) in [6.45, 7) is 1.32. The standard InChI is InChI=1S/C15H14AsClN4O2/c16-15-19-13(17)12-9(7-22)6-21(14(12)20-15)5-8-3-11-10(18-4-8)1-2-23-11/h1-4,9,22H,5-7,16H2. The number of halogens is 1. The molecule has 1 aliphatic heterocycles. The number of nitrogens with zero attached hydrogens (tertiary/aromatic N) is 4. The number of pyridine rings is 1. The summed E-state index contributed by atoms with van der Waals surface area (Å²) in [6, 6.07) is 3.82. The third-order valence-corrected chi connectivity index (χ3v) is 4.83. The van der Waals surface area contributed by atoms with Crippen LogP contribution in [0.5, 0.6) is 0 Å². The van der Waals surface area contributed by atoms with Gasteiger partial charge in [0.05, 0.1) is 0 Å². The van der Waals surface area contributed by atoms with Crippen molar-refractivity contribution in [3.05, 3.63) is 40.9 Å². The molecule has 0 amide bonds. The molecule has 4 rings (SSSR count). The van der Waals surface area contributed by atoms with E-state index in [4.69, 9.17) is 16.0 Å². The van der Waals surface area contributed by atoms with Crippen LogP contribution < -0.4 is 9.51 Å². The molecule has 1 N–H and O–H groups in total. The molecule has 3 aromatic rings. The van der Waals surface area contributed by atoms with Crippen molar-refractivity contribution in [3.63, 3.8) is 0 Å². The zero-order valence-corrected chi connectivity index (χ0v) is 15.3. The number of aliphatic hydroxyl groups excluding tert-OH is 1. The summed E-state index contributed by atoms with van der Waals surface area (Å²) < 4.78 is 6.09. The van der Waals surface area contributed by atoms with Crippen LogP contribution in [0, 0.1) is 0 Å². The van der Waals surface area contributed by atoms with Gasteiger partial charge in [-0.15, -0.1) is 0 Å². The van der Waals surface area contributed by atoms with Crippen LogP contribution in [0.1, 0.15) is 17.0 Å². The van der Waals surface area contributed by atoms with Crippen LogP contribution in [0.2, 0.25) is 5.15 Å². The zero-order chi connectivity index (χ0) is 16.0. The number of aliphatic hydroxyl groups is 1. The Morgan fingerprint density at radius 2 is 2.30 bits per heavy atom. The molecule has 8 heteroatoms. The molecule has 4 heterocycles. The summed E-state index contributed by atoms with van der Waals surface area (Å²) in [7, 11) is 0. The Labute approximate surface area is 146 Å². The summed E-state index contributed by atoms with van der Waals surface area (Å²) in [4.78, 5) is 15.3. The van der Waals surface area contributed by atoms with E-state index in [-0.39, 0.29) is 12.5 Å². The second kappa shape index (κ2) is 5.78. The van der Waals surface area contributed by atoms with Crippen molar-refractivity contribution in [3.8, 4) is 0 Å². The first kappa shape index (κ1) is 14.9. The summed E-state index contributed by atoms with van der Waals surface area (Å²) >= 11 is 7.60. The van der Waals surface area contributed by atoms with Gasteiger partial charge in [0, 0.05) is 0 Å². The molecule has 6 nitrogen and oxygen atoms in total. The van der Waals surface area contributed by atoms with Crippen molar-refractivity contribution in [2.24, 2.45) is 0 Å². The van der Waals surface area contributed by atoms with Gasteiger partial charge in [0.2, 0.25) is 0 Å². The molecule has 2 atom stereocenters. The van der Waals surface area contributed by atoms with Crippen LogP contribution in [-0.2, 0) is 6.54 Å². The van der Waals surface area contributed by atoms with Crippen LogP contribution in [0.25, 0.3) is 11.1 Å². The van der Waals surface area contributed by atoms with Crippen molar-refractivity contribution >= 4 is 50.0 Å². The number of rotatable bonds is 3. The molecule has 0 saturated carbocycles. The predicted molar refractivity (Wildman–Crippen MR) is 90.1 cm³/mol. The van der Waals surface area contributed by atoms with E-state index in [2.05, 4.69) is 19.9 Å². The minimum absolute atomic E-state index is 0.0241. The van der Waals surface area contributed by atoms with Gasteiger partial charge in [0.1, 0.15) is 0 Å². The van der Waals surface area contributed by atoms with Gasteiger partial charge in [-0.05, 0) is 0 Å². The van der Waals surface area contributed by atoms with Gasteiger partial charge >= 0.3 is 146 Å². The molecule has 0 saturated heterocycles. The van der Waals surface area contributed by atoms with Gasteiger partial charge in [-0.1, -0.05) is 0 Å². The average molecular weight is 393 g/mol. The molecule has 0 spiro atoms. The average Bonchev–Trinajstić information content (AvgIpc) is 3.11. The second-order valence-corrected chi connectivity index (χ2v) is 6.96. The number of furan rings is 1. The molecule has 23 heavy (non-hydrogen) atoms. The quantitative estimate of drug-likeness (QED) is 0.520. The zero-order valence-electron chi connectivity index (χ0n) is 12.1. The third kappa shape index (κ3) is 2.61. The van der Waals surface area contributed by atoms with Gasteiger partial charge in [-0.25, -0.2) is 0 Å².